The number of phenols is 1. The highest BCUT2D eigenvalue weighted by atomic mass is 16.3. The Morgan fingerprint density at radius 1 is 1.36 bits per heavy atom. The lowest BCUT2D eigenvalue weighted by Gasteiger charge is -2.25. The van der Waals surface area contributed by atoms with Gasteiger partial charge in [-0.25, -0.2) is 0 Å². The normalized spacial score (nSPS) is 20.5. The van der Waals surface area contributed by atoms with Crippen LogP contribution in [-0.4, -0.2) is 10.2 Å². The van der Waals surface area contributed by atoms with Crippen molar-refractivity contribution in [2.24, 2.45) is 5.92 Å². The Morgan fingerprint density at radius 3 is 2.57 bits per heavy atom. The summed E-state index contributed by atoms with van der Waals surface area (Å²) in [5, 5.41) is 20.1. The van der Waals surface area contributed by atoms with Crippen LogP contribution in [0, 0.1) is 12.8 Å². The van der Waals surface area contributed by atoms with Crippen molar-refractivity contribution in [3.05, 3.63) is 29.3 Å². The van der Waals surface area contributed by atoms with Gasteiger partial charge in [-0.3, -0.25) is 0 Å². The van der Waals surface area contributed by atoms with E-state index in [1.54, 1.807) is 13.0 Å². The highest BCUT2D eigenvalue weighted by molar-refractivity contribution is 5.43. The molecule has 1 aromatic rings. The Hall–Kier alpha value is -1.02. The maximum atomic E-state index is 10.3. The molecular formula is C12H16O2. The van der Waals surface area contributed by atoms with E-state index in [9.17, 15) is 10.2 Å². The van der Waals surface area contributed by atoms with Crippen LogP contribution >= 0.6 is 0 Å². The van der Waals surface area contributed by atoms with E-state index in [2.05, 4.69) is 0 Å². The average Bonchev–Trinajstić information content (AvgIpc) is 2.92. The number of aliphatic hydroxyl groups is 1. The SMILES string of the molecule is Cc1cccc(C(C)(O)C2CC2)c1O. The van der Waals surface area contributed by atoms with Crippen molar-refractivity contribution in [1.82, 2.24) is 0 Å². The molecule has 0 heterocycles. The van der Waals surface area contributed by atoms with Crippen molar-refractivity contribution < 1.29 is 10.2 Å². The predicted octanol–water partition coefficient (Wildman–Crippen LogP) is 2.32. The zero-order valence-electron chi connectivity index (χ0n) is 8.62. The van der Waals surface area contributed by atoms with Crippen molar-refractivity contribution in [1.29, 1.82) is 0 Å². The maximum Gasteiger partial charge on any atom is 0.124 e. The van der Waals surface area contributed by atoms with Crippen molar-refractivity contribution in [3.8, 4) is 5.75 Å². The van der Waals surface area contributed by atoms with Crippen LogP contribution in [0.2, 0.25) is 0 Å². The fourth-order valence-corrected chi connectivity index (χ4v) is 1.93. The van der Waals surface area contributed by atoms with Crippen LogP contribution in [0.1, 0.15) is 30.9 Å². The van der Waals surface area contributed by atoms with Crippen LogP contribution in [0.25, 0.3) is 0 Å². The minimum absolute atomic E-state index is 0.240. The first-order valence-corrected chi connectivity index (χ1v) is 5.05. The lowest BCUT2D eigenvalue weighted by molar-refractivity contribution is 0.0307. The predicted molar refractivity (Wildman–Crippen MR) is 55.1 cm³/mol. The first-order chi connectivity index (χ1) is 6.53. The Morgan fingerprint density at radius 2 is 2.00 bits per heavy atom. The minimum Gasteiger partial charge on any atom is -0.507 e. The Labute approximate surface area is 84.2 Å². The molecule has 1 aromatic carbocycles. The molecule has 1 saturated carbocycles. The second kappa shape index (κ2) is 2.99. The van der Waals surface area contributed by atoms with E-state index in [4.69, 9.17) is 0 Å². The second-order valence-corrected chi connectivity index (χ2v) is 4.39. The smallest absolute Gasteiger partial charge is 0.124 e. The molecule has 0 amide bonds. The summed E-state index contributed by atoms with van der Waals surface area (Å²) in [5.41, 5.74) is 0.624. The van der Waals surface area contributed by atoms with E-state index < -0.39 is 5.60 Å². The largest absolute Gasteiger partial charge is 0.507 e. The standard InChI is InChI=1S/C12H16O2/c1-8-4-3-5-10(11(8)13)12(2,14)9-6-7-9/h3-5,9,13-14H,6-7H2,1-2H3. The lowest BCUT2D eigenvalue weighted by Crippen LogP contribution is -2.23. The molecular weight excluding hydrogens is 176 g/mol. The van der Waals surface area contributed by atoms with Crippen molar-refractivity contribution in [2.75, 3.05) is 0 Å². The van der Waals surface area contributed by atoms with Crippen LogP contribution < -0.4 is 0 Å². The molecule has 1 aliphatic carbocycles. The molecule has 2 N–H and O–H groups in total. The molecule has 1 fully saturated rings. The van der Waals surface area contributed by atoms with E-state index in [1.807, 2.05) is 19.1 Å². The number of para-hydroxylation sites is 1. The van der Waals surface area contributed by atoms with Crippen LogP contribution in [0.15, 0.2) is 18.2 Å². The fraction of sp³-hybridized carbons (Fsp3) is 0.500. The number of hydrogen-bond acceptors (Lipinski definition) is 2. The van der Waals surface area contributed by atoms with E-state index in [-0.39, 0.29) is 5.75 Å². The molecule has 1 unspecified atom stereocenters. The van der Waals surface area contributed by atoms with Gasteiger partial charge in [0.15, 0.2) is 0 Å². The molecule has 1 atom stereocenters. The Bertz CT molecular complexity index is 351. The quantitative estimate of drug-likeness (QED) is 0.755. The molecule has 0 bridgehead atoms. The third-order valence-electron chi connectivity index (χ3n) is 3.16. The fourth-order valence-electron chi connectivity index (χ4n) is 1.93. The second-order valence-electron chi connectivity index (χ2n) is 4.39. The molecule has 2 rings (SSSR count). The molecule has 76 valence electrons. The third kappa shape index (κ3) is 1.40. The number of aryl methyl sites for hydroxylation is 1. The summed E-state index contributed by atoms with van der Waals surface area (Å²) in [6.45, 7) is 3.64. The molecule has 0 aromatic heterocycles. The Kier molecular flexibility index (Phi) is 2.04. The maximum absolute atomic E-state index is 10.3. The number of phenolic OH excluding ortho intramolecular Hbond substituents is 1. The molecule has 14 heavy (non-hydrogen) atoms. The first kappa shape index (κ1) is 9.53. The number of rotatable bonds is 2. The number of benzene rings is 1. The van der Waals surface area contributed by atoms with Crippen LogP contribution in [0.3, 0.4) is 0 Å². The highest BCUT2D eigenvalue weighted by Gasteiger charge is 2.42. The molecule has 2 heteroatoms. The molecule has 0 aliphatic heterocycles. The summed E-state index contributed by atoms with van der Waals surface area (Å²) < 4.78 is 0. The van der Waals surface area contributed by atoms with Gasteiger partial charge in [0.2, 0.25) is 0 Å². The van der Waals surface area contributed by atoms with Crippen molar-refractivity contribution >= 4 is 0 Å². The van der Waals surface area contributed by atoms with Gasteiger partial charge in [0, 0.05) is 5.56 Å². The van der Waals surface area contributed by atoms with E-state index in [1.165, 1.54) is 0 Å². The highest BCUT2D eigenvalue weighted by Crippen LogP contribution is 2.48. The summed E-state index contributed by atoms with van der Waals surface area (Å²) in [5.74, 6) is 0.555. The third-order valence-corrected chi connectivity index (χ3v) is 3.16. The topological polar surface area (TPSA) is 40.5 Å². The minimum atomic E-state index is -0.865. The van der Waals surface area contributed by atoms with Gasteiger partial charge in [0.1, 0.15) is 5.75 Å². The lowest BCUT2D eigenvalue weighted by atomic mass is 9.89. The van der Waals surface area contributed by atoms with Gasteiger partial charge in [-0.2, -0.15) is 0 Å². The van der Waals surface area contributed by atoms with Gasteiger partial charge in [-0.15, -0.1) is 0 Å². The molecule has 0 radical (unpaired) electrons. The van der Waals surface area contributed by atoms with Gasteiger partial charge in [0.05, 0.1) is 5.60 Å². The van der Waals surface area contributed by atoms with E-state index in [0.29, 0.717) is 11.5 Å². The zero-order chi connectivity index (χ0) is 10.3. The summed E-state index contributed by atoms with van der Waals surface area (Å²) in [7, 11) is 0. The summed E-state index contributed by atoms with van der Waals surface area (Å²) >= 11 is 0. The molecule has 0 saturated heterocycles. The average molecular weight is 192 g/mol. The van der Waals surface area contributed by atoms with Gasteiger partial charge in [-0.05, 0) is 38.2 Å². The molecule has 0 spiro atoms. The van der Waals surface area contributed by atoms with Gasteiger partial charge in [-0.1, -0.05) is 18.2 Å². The summed E-state index contributed by atoms with van der Waals surface area (Å²) in [6.07, 6.45) is 2.11. The summed E-state index contributed by atoms with van der Waals surface area (Å²) in [4.78, 5) is 0. The number of aromatic hydroxyl groups is 1. The first-order valence-electron chi connectivity index (χ1n) is 5.05. The zero-order valence-corrected chi connectivity index (χ0v) is 8.62. The van der Waals surface area contributed by atoms with Gasteiger partial charge in [0.25, 0.3) is 0 Å². The van der Waals surface area contributed by atoms with E-state index in [0.717, 1.165) is 18.4 Å². The molecule has 1 aliphatic rings. The van der Waals surface area contributed by atoms with Crippen molar-refractivity contribution in [2.45, 2.75) is 32.3 Å². The Balaban J connectivity index is 2.44. The number of hydrogen-bond donors (Lipinski definition) is 2. The van der Waals surface area contributed by atoms with Crippen LogP contribution in [0.4, 0.5) is 0 Å². The summed E-state index contributed by atoms with van der Waals surface area (Å²) in [6, 6.07) is 5.53. The van der Waals surface area contributed by atoms with Gasteiger partial charge >= 0.3 is 0 Å². The van der Waals surface area contributed by atoms with Gasteiger partial charge < -0.3 is 10.2 Å². The molecule has 2 nitrogen and oxygen atoms in total. The van der Waals surface area contributed by atoms with E-state index >= 15 is 0 Å². The van der Waals surface area contributed by atoms with Crippen LogP contribution in [0.5, 0.6) is 5.75 Å². The monoisotopic (exact) mass is 192 g/mol. The van der Waals surface area contributed by atoms with Crippen molar-refractivity contribution in [3.63, 3.8) is 0 Å². The van der Waals surface area contributed by atoms with Crippen LogP contribution in [-0.2, 0) is 5.60 Å².